The van der Waals surface area contributed by atoms with Gasteiger partial charge in [-0.05, 0) is 28.1 Å². The molecular formula is C8H6BrNO2. The highest BCUT2D eigenvalue weighted by molar-refractivity contribution is 9.10. The molecule has 0 bridgehead atoms. The number of carbonyl (C=O) groups excluding carboxylic acids is 1. The van der Waals surface area contributed by atoms with Crippen molar-refractivity contribution in [2.45, 2.75) is 0 Å². The lowest BCUT2D eigenvalue weighted by Gasteiger charge is -2.18. The van der Waals surface area contributed by atoms with Gasteiger partial charge in [0.05, 0.1) is 11.3 Å². The number of hydrogen-bond donors (Lipinski definition) is 1. The molecule has 1 aliphatic rings. The minimum atomic E-state index is -0.281. The van der Waals surface area contributed by atoms with Crippen LogP contribution in [-0.4, -0.2) is 12.7 Å². The van der Waals surface area contributed by atoms with E-state index in [0.717, 1.165) is 10.2 Å². The van der Waals surface area contributed by atoms with Crippen molar-refractivity contribution < 1.29 is 9.53 Å². The van der Waals surface area contributed by atoms with Gasteiger partial charge in [-0.25, -0.2) is 4.79 Å². The second kappa shape index (κ2) is 2.79. The molecule has 0 radical (unpaired) electrons. The van der Waals surface area contributed by atoms with Gasteiger partial charge in [0, 0.05) is 4.47 Å². The Morgan fingerprint density at radius 3 is 3.08 bits per heavy atom. The predicted octanol–water partition coefficient (Wildman–Crippen LogP) is 1.99. The van der Waals surface area contributed by atoms with Crippen LogP contribution in [0.1, 0.15) is 10.4 Å². The van der Waals surface area contributed by atoms with E-state index in [9.17, 15) is 4.79 Å². The first-order chi connectivity index (χ1) is 5.79. The van der Waals surface area contributed by atoms with Crippen LogP contribution in [0.15, 0.2) is 22.7 Å². The summed E-state index contributed by atoms with van der Waals surface area (Å²) in [6, 6.07) is 5.53. The van der Waals surface area contributed by atoms with Crippen molar-refractivity contribution in [1.29, 1.82) is 0 Å². The topological polar surface area (TPSA) is 38.3 Å². The number of benzene rings is 1. The largest absolute Gasteiger partial charge is 0.441 e. The summed E-state index contributed by atoms with van der Waals surface area (Å²) < 4.78 is 5.57. The Labute approximate surface area is 77.8 Å². The Balaban J connectivity index is 2.60. The Morgan fingerprint density at radius 1 is 1.50 bits per heavy atom. The smallest absolute Gasteiger partial charge is 0.343 e. The number of halogens is 1. The van der Waals surface area contributed by atoms with Crippen molar-refractivity contribution in [3.05, 3.63) is 28.2 Å². The third kappa shape index (κ3) is 1.08. The van der Waals surface area contributed by atoms with E-state index in [1.165, 1.54) is 0 Å². The molecule has 0 fully saturated rings. The van der Waals surface area contributed by atoms with E-state index in [1.807, 2.05) is 18.2 Å². The Hall–Kier alpha value is -1.03. The number of cyclic esters (lactones) is 1. The van der Waals surface area contributed by atoms with E-state index in [4.69, 9.17) is 4.74 Å². The highest BCUT2D eigenvalue weighted by Gasteiger charge is 2.20. The molecular weight excluding hydrogens is 222 g/mol. The number of carbonyl (C=O) groups is 1. The molecule has 0 saturated heterocycles. The molecule has 0 unspecified atom stereocenters. The summed E-state index contributed by atoms with van der Waals surface area (Å²) >= 11 is 3.28. The molecule has 1 aromatic rings. The summed E-state index contributed by atoms with van der Waals surface area (Å²) in [4.78, 5) is 11.2. The van der Waals surface area contributed by atoms with Crippen LogP contribution in [0.2, 0.25) is 0 Å². The number of anilines is 1. The lowest BCUT2D eigenvalue weighted by Crippen LogP contribution is -2.21. The number of esters is 1. The Bertz CT molecular complexity index is 338. The van der Waals surface area contributed by atoms with Crippen molar-refractivity contribution in [3.8, 4) is 0 Å². The van der Waals surface area contributed by atoms with Gasteiger partial charge in [-0.2, -0.15) is 0 Å². The summed E-state index contributed by atoms with van der Waals surface area (Å²) in [6.07, 6.45) is 0. The number of nitrogens with one attached hydrogen (secondary N) is 1. The van der Waals surface area contributed by atoms with Crippen molar-refractivity contribution in [1.82, 2.24) is 0 Å². The van der Waals surface area contributed by atoms with Gasteiger partial charge in [0.2, 0.25) is 0 Å². The van der Waals surface area contributed by atoms with E-state index in [-0.39, 0.29) is 12.7 Å². The molecule has 12 heavy (non-hydrogen) atoms. The molecule has 0 aromatic heterocycles. The molecule has 0 spiro atoms. The zero-order valence-electron chi connectivity index (χ0n) is 6.13. The molecule has 4 heteroatoms. The van der Waals surface area contributed by atoms with E-state index >= 15 is 0 Å². The fourth-order valence-electron chi connectivity index (χ4n) is 1.13. The summed E-state index contributed by atoms with van der Waals surface area (Å²) in [5, 5.41) is 2.96. The van der Waals surface area contributed by atoms with Crippen LogP contribution in [0.5, 0.6) is 0 Å². The second-order valence-electron chi connectivity index (χ2n) is 2.42. The summed E-state index contributed by atoms with van der Waals surface area (Å²) in [5.74, 6) is -0.281. The van der Waals surface area contributed by atoms with Gasteiger partial charge >= 0.3 is 5.97 Å². The average molecular weight is 228 g/mol. The van der Waals surface area contributed by atoms with Gasteiger partial charge in [-0.1, -0.05) is 6.07 Å². The maximum atomic E-state index is 11.2. The summed E-state index contributed by atoms with van der Waals surface area (Å²) in [6.45, 7) is 0.252. The maximum Gasteiger partial charge on any atom is 0.343 e. The zero-order chi connectivity index (χ0) is 8.55. The van der Waals surface area contributed by atoms with Gasteiger partial charge in [0.25, 0.3) is 0 Å². The third-order valence-electron chi connectivity index (χ3n) is 1.68. The summed E-state index contributed by atoms with van der Waals surface area (Å²) in [7, 11) is 0. The highest BCUT2D eigenvalue weighted by Crippen LogP contribution is 2.27. The standard InChI is InChI=1S/C8H6BrNO2/c9-5-2-1-3-6-7(5)8(11)12-4-10-6/h1-3,10H,4H2. The molecule has 0 atom stereocenters. The lowest BCUT2D eigenvalue weighted by molar-refractivity contribution is 0.0517. The molecule has 1 N–H and O–H groups in total. The first kappa shape index (κ1) is 7.61. The van der Waals surface area contributed by atoms with E-state index in [1.54, 1.807) is 0 Å². The molecule has 62 valence electrons. The molecule has 0 amide bonds. The molecule has 1 aromatic carbocycles. The summed E-state index contributed by atoms with van der Waals surface area (Å²) in [5.41, 5.74) is 1.39. The van der Waals surface area contributed by atoms with Crippen LogP contribution in [-0.2, 0) is 4.74 Å². The predicted molar refractivity (Wildman–Crippen MR) is 48.0 cm³/mol. The quantitative estimate of drug-likeness (QED) is 0.690. The first-order valence-corrected chi connectivity index (χ1v) is 4.28. The van der Waals surface area contributed by atoms with Crippen LogP contribution in [0, 0.1) is 0 Å². The van der Waals surface area contributed by atoms with Gasteiger partial charge in [0.15, 0.2) is 6.73 Å². The number of rotatable bonds is 0. The minimum Gasteiger partial charge on any atom is -0.441 e. The molecule has 2 rings (SSSR count). The van der Waals surface area contributed by atoms with Crippen molar-refractivity contribution in [3.63, 3.8) is 0 Å². The van der Waals surface area contributed by atoms with Gasteiger partial charge in [-0.15, -0.1) is 0 Å². The lowest BCUT2D eigenvalue weighted by atomic mass is 10.1. The molecule has 1 heterocycles. The van der Waals surface area contributed by atoms with Crippen LogP contribution >= 0.6 is 15.9 Å². The van der Waals surface area contributed by atoms with Crippen LogP contribution in [0.25, 0.3) is 0 Å². The molecule has 0 aliphatic carbocycles. The number of fused-ring (bicyclic) bond motifs is 1. The highest BCUT2D eigenvalue weighted by atomic mass is 79.9. The van der Waals surface area contributed by atoms with E-state index in [0.29, 0.717) is 5.56 Å². The first-order valence-electron chi connectivity index (χ1n) is 3.48. The average Bonchev–Trinajstić information content (AvgIpc) is 2.04. The van der Waals surface area contributed by atoms with E-state index in [2.05, 4.69) is 21.2 Å². The number of ether oxygens (including phenoxy) is 1. The molecule has 1 aliphatic heterocycles. The van der Waals surface area contributed by atoms with Crippen molar-refractivity contribution in [2.75, 3.05) is 12.0 Å². The van der Waals surface area contributed by atoms with Gasteiger partial charge in [0.1, 0.15) is 0 Å². The van der Waals surface area contributed by atoms with Gasteiger partial charge < -0.3 is 10.1 Å². The number of hydrogen-bond acceptors (Lipinski definition) is 3. The normalized spacial score (nSPS) is 14.6. The van der Waals surface area contributed by atoms with Crippen LogP contribution < -0.4 is 5.32 Å². The second-order valence-corrected chi connectivity index (χ2v) is 3.27. The van der Waals surface area contributed by atoms with E-state index < -0.39 is 0 Å². The fourth-order valence-corrected chi connectivity index (χ4v) is 1.66. The minimum absolute atomic E-state index is 0.252. The Morgan fingerprint density at radius 2 is 2.33 bits per heavy atom. The van der Waals surface area contributed by atoms with Crippen molar-refractivity contribution in [2.24, 2.45) is 0 Å². The Kier molecular flexibility index (Phi) is 1.77. The maximum absolute atomic E-state index is 11.2. The fraction of sp³-hybridized carbons (Fsp3) is 0.125. The third-order valence-corrected chi connectivity index (χ3v) is 2.34. The molecule has 3 nitrogen and oxygen atoms in total. The van der Waals surface area contributed by atoms with Crippen LogP contribution in [0.4, 0.5) is 5.69 Å². The monoisotopic (exact) mass is 227 g/mol. The molecule has 0 saturated carbocycles. The zero-order valence-corrected chi connectivity index (χ0v) is 7.72. The van der Waals surface area contributed by atoms with Crippen molar-refractivity contribution >= 4 is 27.6 Å². The SMILES string of the molecule is O=C1OCNc2cccc(Br)c21. The van der Waals surface area contributed by atoms with Gasteiger partial charge in [-0.3, -0.25) is 0 Å². The van der Waals surface area contributed by atoms with Crippen LogP contribution in [0.3, 0.4) is 0 Å².